The van der Waals surface area contributed by atoms with E-state index in [0.717, 1.165) is 33.5 Å². The zero-order chi connectivity index (χ0) is 18.9. The number of nitrogens with one attached hydrogen (secondary N) is 2. The third-order valence-corrected chi connectivity index (χ3v) is 6.76. The Balaban J connectivity index is 1.54. The Labute approximate surface area is 168 Å². The molecular formula is C25H20N4. The van der Waals surface area contributed by atoms with Gasteiger partial charge in [0.1, 0.15) is 0 Å². The van der Waals surface area contributed by atoms with Crippen LogP contribution in [0.1, 0.15) is 41.0 Å². The summed E-state index contributed by atoms with van der Waals surface area (Å²) >= 11 is 0. The summed E-state index contributed by atoms with van der Waals surface area (Å²) in [6, 6.07) is 17.2. The van der Waals surface area contributed by atoms with Crippen LogP contribution in [0.3, 0.4) is 0 Å². The molecule has 10 bridgehead atoms. The van der Waals surface area contributed by atoms with Gasteiger partial charge in [-0.05, 0) is 78.9 Å². The third-order valence-electron chi connectivity index (χ3n) is 6.76. The van der Waals surface area contributed by atoms with Gasteiger partial charge < -0.3 is 9.97 Å². The summed E-state index contributed by atoms with van der Waals surface area (Å²) in [4.78, 5) is 16.9. The molecule has 4 heteroatoms. The molecule has 2 N–H and O–H groups in total. The molecule has 0 spiro atoms. The topological polar surface area (TPSA) is 57.4 Å². The Bertz CT molecular complexity index is 1270. The summed E-state index contributed by atoms with van der Waals surface area (Å²) in [6.07, 6.45) is 10.2. The fourth-order valence-corrected chi connectivity index (χ4v) is 5.57. The minimum Gasteiger partial charge on any atom is -0.355 e. The molecule has 2 aliphatic carbocycles. The number of hydrogen-bond acceptors (Lipinski definition) is 2. The van der Waals surface area contributed by atoms with Crippen molar-refractivity contribution in [3.05, 3.63) is 83.5 Å². The average Bonchev–Trinajstić information content (AvgIpc) is 3.51. The van der Waals surface area contributed by atoms with Crippen LogP contribution in [0.4, 0.5) is 0 Å². The zero-order valence-corrected chi connectivity index (χ0v) is 15.8. The van der Waals surface area contributed by atoms with Crippen molar-refractivity contribution in [3.63, 3.8) is 0 Å². The van der Waals surface area contributed by atoms with Crippen molar-refractivity contribution in [1.82, 2.24) is 19.9 Å². The molecule has 7 rings (SSSR count). The third kappa shape index (κ3) is 2.38. The first-order valence-electron chi connectivity index (χ1n) is 10.3. The van der Waals surface area contributed by atoms with E-state index in [1.54, 1.807) is 0 Å². The number of aromatic nitrogens is 4. The molecule has 0 amide bonds. The highest BCUT2D eigenvalue weighted by Gasteiger charge is 2.49. The molecule has 3 aromatic heterocycles. The van der Waals surface area contributed by atoms with Crippen LogP contribution in [0.25, 0.3) is 34.2 Å². The second-order valence-electron chi connectivity index (χ2n) is 8.57. The van der Waals surface area contributed by atoms with Gasteiger partial charge in [0.2, 0.25) is 0 Å². The lowest BCUT2D eigenvalue weighted by Gasteiger charge is -2.20. The molecule has 0 aromatic carbocycles. The van der Waals surface area contributed by atoms with Crippen LogP contribution < -0.4 is 0 Å². The largest absolute Gasteiger partial charge is 0.355 e. The van der Waals surface area contributed by atoms with Crippen molar-refractivity contribution in [1.29, 1.82) is 0 Å². The predicted octanol–water partition coefficient (Wildman–Crippen LogP) is 5.56. The second kappa shape index (κ2) is 5.57. The van der Waals surface area contributed by atoms with Crippen LogP contribution in [0.15, 0.2) is 60.7 Å². The summed E-state index contributed by atoms with van der Waals surface area (Å²) in [7, 11) is 0. The monoisotopic (exact) mass is 376 g/mol. The molecule has 1 saturated carbocycles. The van der Waals surface area contributed by atoms with Crippen LogP contribution in [0.2, 0.25) is 0 Å². The van der Waals surface area contributed by atoms with E-state index < -0.39 is 0 Å². The van der Waals surface area contributed by atoms with Gasteiger partial charge in [0.25, 0.3) is 0 Å². The van der Waals surface area contributed by atoms with Crippen molar-refractivity contribution < 1.29 is 0 Å². The SMILES string of the molecule is C1=Cc2cc3ccc(cc4nc(cc5ccc(cc1n2)[nH]5)C1C2C=CC(C2)C41)[nH]3. The number of nitrogens with zero attached hydrogens (tertiary/aromatic N) is 2. The van der Waals surface area contributed by atoms with Crippen molar-refractivity contribution in [2.24, 2.45) is 11.8 Å². The highest BCUT2D eigenvalue weighted by atomic mass is 14.8. The average molecular weight is 376 g/mol. The van der Waals surface area contributed by atoms with Crippen molar-refractivity contribution in [2.45, 2.75) is 18.3 Å². The van der Waals surface area contributed by atoms with Crippen LogP contribution in [-0.2, 0) is 0 Å². The molecule has 3 aromatic rings. The van der Waals surface area contributed by atoms with E-state index in [1.165, 1.54) is 17.8 Å². The molecule has 0 saturated heterocycles. The fourth-order valence-electron chi connectivity index (χ4n) is 5.57. The first kappa shape index (κ1) is 15.5. The molecule has 0 radical (unpaired) electrons. The van der Waals surface area contributed by atoms with Crippen molar-refractivity contribution in [3.8, 4) is 0 Å². The van der Waals surface area contributed by atoms with Crippen LogP contribution in [0.5, 0.6) is 0 Å². The first-order valence-corrected chi connectivity index (χ1v) is 10.3. The van der Waals surface area contributed by atoms with E-state index in [0.29, 0.717) is 23.7 Å². The Hall–Kier alpha value is -3.40. The fraction of sp³-hybridized carbons (Fsp3) is 0.200. The number of rotatable bonds is 0. The van der Waals surface area contributed by atoms with E-state index in [4.69, 9.17) is 9.97 Å². The van der Waals surface area contributed by atoms with Crippen molar-refractivity contribution >= 4 is 34.2 Å². The van der Waals surface area contributed by atoms with Gasteiger partial charge in [-0.15, -0.1) is 0 Å². The van der Waals surface area contributed by atoms with Gasteiger partial charge in [-0.3, -0.25) is 4.98 Å². The van der Waals surface area contributed by atoms with E-state index in [2.05, 4.69) is 82.8 Å². The number of aromatic amines is 2. The van der Waals surface area contributed by atoms with E-state index >= 15 is 0 Å². The van der Waals surface area contributed by atoms with Gasteiger partial charge in [-0.25, -0.2) is 4.98 Å². The molecule has 29 heavy (non-hydrogen) atoms. The molecule has 140 valence electrons. The minimum atomic E-state index is 0.502. The van der Waals surface area contributed by atoms with Gasteiger partial charge in [0.05, 0.1) is 11.4 Å². The molecule has 1 fully saturated rings. The first-order chi connectivity index (χ1) is 14.3. The lowest BCUT2D eigenvalue weighted by atomic mass is 9.81. The Kier molecular flexibility index (Phi) is 2.98. The maximum absolute atomic E-state index is 5.13. The Morgan fingerprint density at radius 3 is 1.62 bits per heavy atom. The Morgan fingerprint density at radius 2 is 1.10 bits per heavy atom. The van der Waals surface area contributed by atoms with Gasteiger partial charge in [-0.2, -0.15) is 0 Å². The number of allylic oxidation sites excluding steroid dienone is 2. The van der Waals surface area contributed by atoms with Crippen LogP contribution in [-0.4, -0.2) is 19.9 Å². The van der Waals surface area contributed by atoms with E-state index in [-0.39, 0.29) is 0 Å². The Morgan fingerprint density at radius 1 is 0.621 bits per heavy atom. The molecular weight excluding hydrogens is 356 g/mol. The predicted molar refractivity (Wildman–Crippen MR) is 116 cm³/mol. The van der Waals surface area contributed by atoms with Gasteiger partial charge in [0.15, 0.2) is 0 Å². The highest BCUT2D eigenvalue weighted by Crippen LogP contribution is 2.59. The minimum absolute atomic E-state index is 0.502. The zero-order valence-electron chi connectivity index (χ0n) is 15.8. The summed E-state index contributed by atoms with van der Waals surface area (Å²) in [6.45, 7) is 0. The lowest BCUT2D eigenvalue weighted by molar-refractivity contribution is 0.532. The molecule has 4 atom stereocenters. The summed E-state index contributed by atoms with van der Waals surface area (Å²) in [5, 5.41) is 0. The second-order valence-corrected chi connectivity index (χ2v) is 8.57. The van der Waals surface area contributed by atoms with Crippen LogP contribution in [0, 0.1) is 11.8 Å². The van der Waals surface area contributed by atoms with E-state index in [1.807, 2.05) is 0 Å². The molecule has 5 heterocycles. The number of H-pyrrole nitrogens is 2. The number of fused-ring (bicyclic) bond motifs is 15. The maximum atomic E-state index is 5.13. The lowest BCUT2D eigenvalue weighted by Crippen LogP contribution is -2.10. The highest BCUT2D eigenvalue weighted by molar-refractivity contribution is 5.75. The maximum Gasteiger partial charge on any atom is 0.0658 e. The normalized spacial score (nSPS) is 26.2. The van der Waals surface area contributed by atoms with Gasteiger partial charge >= 0.3 is 0 Å². The molecule has 4 unspecified atom stereocenters. The summed E-state index contributed by atoms with van der Waals surface area (Å²) < 4.78 is 0. The summed E-state index contributed by atoms with van der Waals surface area (Å²) in [5.74, 6) is 2.24. The molecule has 4 nitrogen and oxygen atoms in total. The summed E-state index contributed by atoms with van der Waals surface area (Å²) in [5.41, 5.74) is 8.69. The number of hydrogen-bond donors (Lipinski definition) is 2. The van der Waals surface area contributed by atoms with Gasteiger partial charge in [-0.1, -0.05) is 12.2 Å². The van der Waals surface area contributed by atoms with Crippen LogP contribution >= 0.6 is 0 Å². The van der Waals surface area contributed by atoms with Gasteiger partial charge in [0, 0.05) is 45.3 Å². The van der Waals surface area contributed by atoms with Crippen molar-refractivity contribution in [2.75, 3.05) is 0 Å². The molecule has 2 aliphatic heterocycles. The van der Waals surface area contributed by atoms with E-state index in [9.17, 15) is 0 Å². The quantitative estimate of drug-likeness (QED) is 0.395. The standard InChI is InChI=1S/C25H20N4/c1-2-15-9-14(1)24-22-12-20-7-5-18(27-20)10-16-3-4-17(26-16)11-19-6-8-21(28-19)13-23(29-22)25(15)24/h1-8,10-15,24-25,27-28H,9H2. The molecule has 4 aliphatic rings. The smallest absolute Gasteiger partial charge is 0.0658 e.